The molecule has 0 aromatic carbocycles. The van der Waals surface area contributed by atoms with Crippen molar-refractivity contribution in [1.29, 1.82) is 0 Å². The number of thiazole rings is 1. The molecule has 1 aliphatic rings. The number of alkyl halides is 1. The van der Waals surface area contributed by atoms with Crippen molar-refractivity contribution in [2.75, 3.05) is 20.1 Å². The van der Waals surface area contributed by atoms with Crippen molar-refractivity contribution < 1.29 is 9.18 Å². The van der Waals surface area contributed by atoms with Crippen LogP contribution in [0.2, 0.25) is 0 Å². The van der Waals surface area contributed by atoms with Gasteiger partial charge in [-0.1, -0.05) is 4.49 Å². The van der Waals surface area contributed by atoms with Crippen molar-refractivity contribution in [3.8, 4) is 0 Å². The molecule has 0 bridgehead atoms. The topological polar surface area (TPSA) is 62.2 Å². The summed E-state index contributed by atoms with van der Waals surface area (Å²) >= 11 is 2.67. The lowest BCUT2D eigenvalue weighted by Gasteiger charge is -2.27. The van der Waals surface area contributed by atoms with E-state index in [1.807, 2.05) is 12.4 Å². The van der Waals surface area contributed by atoms with Crippen LogP contribution in [0.3, 0.4) is 0 Å². The van der Waals surface area contributed by atoms with Crippen LogP contribution in [-0.2, 0) is 6.54 Å². The van der Waals surface area contributed by atoms with Crippen molar-refractivity contribution in [3.63, 3.8) is 0 Å². The lowest BCUT2D eigenvalue weighted by atomic mass is 10.2. The van der Waals surface area contributed by atoms with Crippen molar-refractivity contribution in [2.45, 2.75) is 32.1 Å². The van der Waals surface area contributed by atoms with E-state index < -0.39 is 6.17 Å². The first-order valence-corrected chi connectivity index (χ1v) is 8.99. The Morgan fingerprint density at radius 1 is 1.57 bits per heavy atom. The summed E-state index contributed by atoms with van der Waals surface area (Å²) in [5, 5.41) is 3.69. The Bertz CT molecular complexity index is 662. The molecule has 3 heterocycles. The number of hydrogen-bond donors (Lipinski definition) is 0. The fourth-order valence-corrected chi connectivity index (χ4v) is 4.13. The number of carbonyl (C=O) groups is 1. The Labute approximate surface area is 142 Å². The molecule has 1 aliphatic heterocycles. The van der Waals surface area contributed by atoms with E-state index >= 15 is 0 Å². The molecule has 1 saturated heterocycles. The fourth-order valence-electron chi connectivity index (χ4n) is 2.82. The second-order valence-electron chi connectivity index (χ2n) is 5.74. The van der Waals surface area contributed by atoms with Gasteiger partial charge < -0.3 is 4.90 Å². The van der Waals surface area contributed by atoms with Gasteiger partial charge in [0.05, 0.1) is 17.4 Å². The molecule has 0 aliphatic carbocycles. The normalized spacial score (nSPS) is 21.7. The van der Waals surface area contributed by atoms with Gasteiger partial charge in [0, 0.05) is 37.6 Å². The quantitative estimate of drug-likeness (QED) is 0.821. The smallest absolute Gasteiger partial charge is 0.267 e. The molecule has 1 amide bonds. The van der Waals surface area contributed by atoms with Gasteiger partial charge >= 0.3 is 0 Å². The monoisotopic (exact) mass is 355 g/mol. The Morgan fingerprint density at radius 2 is 2.39 bits per heavy atom. The molecule has 0 spiro atoms. The summed E-state index contributed by atoms with van der Waals surface area (Å²) in [6.45, 7) is 3.56. The van der Waals surface area contributed by atoms with Gasteiger partial charge in [0.2, 0.25) is 0 Å². The van der Waals surface area contributed by atoms with Gasteiger partial charge in [-0.15, -0.1) is 16.4 Å². The van der Waals surface area contributed by atoms with E-state index in [-0.39, 0.29) is 11.9 Å². The maximum absolute atomic E-state index is 13.9. The Balaban J connectivity index is 1.65. The van der Waals surface area contributed by atoms with Crippen LogP contribution >= 0.6 is 22.9 Å². The second kappa shape index (κ2) is 6.98. The standard InChI is InChI=1S/C14H18FN5OS2/c1-9-13(22-8-16-9)7-20-5-10(15)3-11(20)6-19(2)14(21)12-4-17-18-23-12/h4,8,10-11H,3,5-7H2,1-2H3/t10-,11-/m0/s1. The predicted octanol–water partition coefficient (Wildman–Crippen LogP) is 1.99. The van der Waals surface area contributed by atoms with Crippen LogP contribution < -0.4 is 0 Å². The molecule has 23 heavy (non-hydrogen) atoms. The van der Waals surface area contributed by atoms with Crippen molar-refractivity contribution in [2.24, 2.45) is 0 Å². The Kier molecular flexibility index (Phi) is 4.98. The van der Waals surface area contributed by atoms with Crippen molar-refractivity contribution in [1.82, 2.24) is 24.4 Å². The maximum Gasteiger partial charge on any atom is 0.267 e. The first-order chi connectivity index (χ1) is 11.0. The fraction of sp³-hybridized carbons (Fsp3) is 0.571. The van der Waals surface area contributed by atoms with Crippen LogP contribution in [0, 0.1) is 6.92 Å². The zero-order chi connectivity index (χ0) is 16.4. The lowest BCUT2D eigenvalue weighted by molar-refractivity contribution is 0.0754. The average Bonchev–Trinajstić information content (AvgIpc) is 3.23. The minimum atomic E-state index is -0.846. The SMILES string of the molecule is Cc1ncsc1CN1C[C@@H](F)C[C@H]1CN(C)C(=O)c1cnns1. The van der Waals surface area contributed by atoms with Crippen LogP contribution in [0.5, 0.6) is 0 Å². The molecule has 0 radical (unpaired) electrons. The number of hydrogen-bond acceptors (Lipinski definition) is 7. The first-order valence-electron chi connectivity index (χ1n) is 7.34. The summed E-state index contributed by atoms with van der Waals surface area (Å²) < 4.78 is 17.6. The molecule has 6 nitrogen and oxygen atoms in total. The zero-order valence-electron chi connectivity index (χ0n) is 13.0. The van der Waals surface area contributed by atoms with Gasteiger partial charge in [0.25, 0.3) is 5.91 Å². The predicted molar refractivity (Wildman–Crippen MR) is 87.4 cm³/mol. The van der Waals surface area contributed by atoms with Crippen LogP contribution in [0.4, 0.5) is 4.39 Å². The summed E-state index contributed by atoms with van der Waals surface area (Å²) in [4.78, 5) is 21.9. The van der Waals surface area contributed by atoms with Crippen LogP contribution in [-0.4, -0.2) is 62.6 Å². The number of likely N-dealkylation sites (N-methyl/N-ethyl adjacent to an activating group) is 1. The summed E-state index contributed by atoms with van der Waals surface area (Å²) in [5.74, 6) is -0.115. The molecule has 124 valence electrons. The molecule has 0 unspecified atom stereocenters. The number of amides is 1. The molecule has 0 N–H and O–H groups in total. The number of aromatic nitrogens is 3. The van der Waals surface area contributed by atoms with Crippen molar-refractivity contribution >= 4 is 28.8 Å². The number of likely N-dealkylation sites (tertiary alicyclic amines) is 1. The van der Waals surface area contributed by atoms with E-state index in [0.29, 0.717) is 30.9 Å². The number of aryl methyl sites for hydroxylation is 1. The van der Waals surface area contributed by atoms with E-state index in [2.05, 4.69) is 19.5 Å². The summed E-state index contributed by atoms with van der Waals surface area (Å²) in [7, 11) is 1.74. The number of carbonyl (C=O) groups excluding carboxylic acids is 1. The van der Waals surface area contributed by atoms with E-state index in [0.717, 1.165) is 22.1 Å². The van der Waals surface area contributed by atoms with E-state index in [9.17, 15) is 9.18 Å². The van der Waals surface area contributed by atoms with Crippen LogP contribution in [0.1, 0.15) is 26.7 Å². The first kappa shape index (κ1) is 16.4. The van der Waals surface area contributed by atoms with Gasteiger partial charge in [-0.3, -0.25) is 9.69 Å². The lowest BCUT2D eigenvalue weighted by Crippen LogP contribution is -2.40. The van der Waals surface area contributed by atoms with Gasteiger partial charge in [0.1, 0.15) is 11.0 Å². The average molecular weight is 355 g/mol. The number of rotatable bonds is 5. The van der Waals surface area contributed by atoms with Gasteiger partial charge in [-0.25, -0.2) is 9.37 Å². The minimum absolute atomic E-state index is 0.0151. The zero-order valence-corrected chi connectivity index (χ0v) is 14.6. The third-order valence-corrected chi connectivity index (χ3v) is 5.64. The molecular formula is C14H18FN5OS2. The van der Waals surface area contributed by atoms with Gasteiger partial charge in [-0.05, 0) is 24.9 Å². The van der Waals surface area contributed by atoms with Gasteiger partial charge in [0.15, 0.2) is 0 Å². The highest BCUT2D eigenvalue weighted by Gasteiger charge is 2.34. The van der Waals surface area contributed by atoms with Gasteiger partial charge in [-0.2, -0.15) is 0 Å². The maximum atomic E-state index is 13.9. The summed E-state index contributed by atoms with van der Waals surface area (Å²) in [6, 6.07) is 0.0151. The van der Waals surface area contributed by atoms with Crippen LogP contribution in [0.15, 0.2) is 11.7 Å². The summed E-state index contributed by atoms with van der Waals surface area (Å²) in [5.41, 5.74) is 2.81. The Hall–Kier alpha value is -1.45. The van der Waals surface area contributed by atoms with E-state index in [4.69, 9.17) is 0 Å². The molecule has 0 saturated carbocycles. The highest BCUT2D eigenvalue weighted by Crippen LogP contribution is 2.26. The van der Waals surface area contributed by atoms with Crippen molar-refractivity contribution in [3.05, 3.63) is 27.2 Å². The molecule has 3 rings (SSSR count). The van der Waals surface area contributed by atoms with E-state index in [1.54, 1.807) is 23.3 Å². The molecule has 2 aromatic rings. The largest absolute Gasteiger partial charge is 0.339 e. The minimum Gasteiger partial charge on any atom is -0.339 e. The molecule has 2 atom stereocenters. The molecule has 9 heteroatoms. The number of halogens is 1. The second-order valence-corrected chi connectivity index (χ2v) is 7.47. The third kappa shape index (κ3) is 3.73. The molecule has 1 fully saturated rings. The van der Waals surface area contributed by atoms with E-state index in [1.165, 1.54) is 6.20 Å². The number of nitrogens with zero attached hydrogens (tertiary/aromatic N) is 5. The highest BCUT2D eigenvalue weighted by molar-refractivity contribution is 7.09. The van der Waals surface area contributed by atoms with Crippen LogP contribution in [0.25, 0.3) is 0 Å². The summed E-state index contributed by atoms with van der Waals surface area (Å²) in [6.07, 6.45) is 1.08. The molecular weight excluding hydrogens is 337 g/mol. The highest BCUT2D eigenvalue weighted by atomic mass is 32.1. The Morgan fingerprint density at radius 3 is 3.04 bits per heavy atom. The third-order valence-electron chi connectivity index (χ3n) is 4.07. The molecule has 2 aromatic heterocycles.